The van der Waals surface area contributed by atoms with E-state index in [-0.39, 0.29) is 0 Å². The standard InChI is InChI=1S/C10H18N4O/c1-14-8-12-13-10(14)4-7-15-9-2-5-11-6-3-9/h8-9,11H,2-7H2,1H3. The number of hydrogen-bond acceptors (Lipinski definition) is 4. The fourth-order valence-corrected chi connectivity index (χ4v) is 1.81. The molecule has 1 N–H and O–H groups in total. The summed E-state index contributed by atoms with van der Waals surface area (Å²) in [6, 6.07) is 0. The second kappa shape index (κ2) is 5.23. The Morgan fingerprint density at radius 3 is 3.00 bits per heavy atom. The van der Waals surface area contributed by atoms with Gasteiger partial charge in [0.25, 0.3) is 0 Å². The van der Waals surface area contributed by atoms with Gasteiger partial charge in [-0.3, -0.25) is 0 Å². The van der Waals surface area contributed by atoms with Crippen molar-refractivity contribution >= 4 is 0 Å². The van der Waals surface area contributed by atoms with E-state index in [0.717, 1.165) is 44.8 Å². The zero-order chi connectivity index (χ0) is 10.5. The molecule has 1 aromatic heterocycles. The predicted octanol–water partition coefficient (Wildman–Crippen LogP) is 0.126. The number of aromatic nitrogens is 3. The molecule has 0 aromatic carbocycles. The van der Waals surface area contributed by atoms with Crippen LogP contribution in [-0.4, -0.2) is 40.6 Å². The first-order valence-corrected chi connectivity index (χ1v) is 5.51. The van der Waals surface area contributed by atoms with Gasteiger partial charge < -0.3 is 14.6 Å². The molecule has 1 aliphatic heterocycles. The number of hydrogen-bond donors (Lipinski definition) is 1. The second-order valence-corrected chi connectivity index (χ2v) is 3.93. The summed E-state index contributed by atoms with van der Waals surface area (Å²) >= 11 is 0. The molecule has 1 aliphatic rings. The van der Waals surface area contributed by atoms with Gasteiger partial charge in [-0.25, -0.2) is 0 Å². The van der Waals surface area contributed by atoms with Gasteiger partial charge in [0.05, 0.1) is 12.7 Å². The van der Waals surface area contributed by atoms with Crippen LogP contribution in [0, 0.1) is 0 Å². The molecule has 0 aliphatic carbocycles. The van der Waals surface area contributed by atoms with Gasteiger partial charge in [-0.15, -0.1) is 10.2 Å². The minimum atomic E-state index is 0.430. The van der Waals surface area contributed by atoms with Gasteiger partial charge in [-0.1, -0.05) is 0 Å². The molecule has 0 amide bonds. The molecule has 15 heavy (non-hydrogen) atoms. The first-order chi connectivity index (χ1) is 7.36. The zero-order valence-electron chi connectivity index (χ0n) is 9.15. The molecule has 0 atom stereocenters. The SMILES string of the molecule is Cn1cnnc1CCOC1CCNCC1. The average Bonchev–Trinajstić information content (AvgIpc) is 2.66. The topological polar surface area (TPSA) is 52.0 Å². The van der Waals surface area contributed by atoms with Crippen LogP contribution >= 0.6 is 0 Å². The number of nitrogens with one attached hydrogen (secondary N) is 1. The smallest absolute Gasteiger partial charge is 0.134 e. The molecular formula is C10H18N4O. The minimum Gasteiger partial charge on any atom is -0.378 e. The van der Waals surface area contributed by atoms with Crippen LogP contribution in [0.2, 0.25) is 0 Å². The van der Waals surface area contributed by atoms with Crippen LogP contribution in [0.15, 0.2) is 6.33 Å². The molecule has 0 unspecified atom stereocenters. The van der Waals surface area contributed by atoms with Crippen molar-refractivity contribution < 1.29 is 4.74 Å². The van der Waals surface area contributed by atoms with E-state index in [2.05, 4.69) is 15.5 Å². The molecule has 5 heteroatoms. The predicted molar refractivity (Wildman–Crippen MR) is 56.6 cm³/mol. The summed E-state index contributed by atoms with van der Waals surface area (Å²) in [5.74, 6) is 0.990. The summed E-state index contributed by atoms with van der Waals surface area (Å²) in [6.07, 6.45) is 5.25. The van der Waals surface area contributed by atoms with Crippen molar-refractivity contribution in [2.24, 2.45) is 7.05 Å². The van der Waals surface area contributed by atoms with Crippen molar-refractivity contribution in [2.75, 3.05) is 19.7 Å². The molecule has 0 spiro atoms. The fraction of sp³-hybridized carbons (Fsp3) is 0.800. The maximum absolute atomic E-state index is 5.79. The molecule has 0 saturated carbocycles. The molecule has 1 saturated heterocycles. The quantitative estimate of drug-likeness (QED) is 0.767. The first kappa shape index (κ1) is 10.6. The highest BCUT2D eigenvalue weighted by atomic mass is 16.5. The largest absolute Gasteiger partial charge is 0.378 e. The Bertz CT molecular complexity index is 293. The molecule has 0 bridgehead atoms. The number of nitrogens with zero attached hydrogens (tertiary/aromatic N) is 3. The van der Waals surface area contributed by atoms with Gasteiger partial charge in [0.2, 0.25) is 0 Å². The van der Waals surface area contributed by atoms with Gasteiger partial charge >= 0.3 is 0 Å². The Kier molecular flexibility index (Phi) is 3.69. The van der Waals surface area contributed by atoms with E-state index in [1.54, 1.807) is 6.33 Å². The Labute approximate surface area is 89.8 Å². The molecule has 2 rings (SSSR count). The Morgan fingerprint density at radius 1 is 1.53 bits per heavy atom. The summed E-state index contributed by atoms with van der Waals surface area (Å²) in [5, 5.41) is 11.2. The highest BCUT2D eigenvalue weighted by molar-refractivity contribution is 4.84. The lowest BCUT2D eigenvalue weighted by Crippen LogP contribution is -2.32. The molecule has 5 nitrogen and oxygen atoms in total. The Hall–Kier alpha value is -0.940. The summed E-state index contributed by atoms with van der Waals surface area (Å²) < 4.78 is 7.73. The highest BCUT2D eigenvalue weighted by Crippen LogP contribution is 2.07. The van der Waals surface area contributed by atoms with Crippen molar-refractivity contribution in [3.05, 3.63) is 12.2 Å². The van der Waals surface area contributed by atoms with Crippen LogP contribution in [0.1, 0.15) is 18.7 Å². The first-order valence-electron chi connectivity index (χ1n) is 5.51. The van der Waals surface area contributed by atoms with E-state index in [0.29, 0.717) is 6.10 Å². The summed E-state index contributed by atoms with van der Waals surface area (Å²) in [7, 11) is 1.96. The Morgan fingerprint density at radius 2 is 2.33 bits per heavy atom. The Balaban J connectivity index is 1.68. The second-order valence-electron chi connectivity index (χ2n) is 3.93. The summed E-state index contributed by atoms with van der Waals surface area (Å²) in [4.78, 5) is 0. The van der Waals surface area contributed by atoms with E-state index in [4.69, 9.17) is 4.74 Å². The van der Waals surface area contributed by atoms with Crippen LogP contribution in [-0.2, 0) is 18.2 Å². The van der Waals surface area contributed by atoms with Crippen molar-refractivity contribution in [3.63, 3.8) is 0 Å². The van der Waals surface area contributed by atoms with Crippen LogP contribution < -0.4 is 5.32 Å². The van der Waals surface area contributed by atoms with E-state index < -0.39 is 0 Å². The lowest BCUT2D eigenvalue weighted by Gasteiger charge is -2.22. The lowest BCUT2D eigenvalue weighted by atomic mass is 10.1. The molecule has 1 aromatic rings. The zero-order valence-corrected chi connectivity index (χ0v) is 9.15. The molecule has 2 heterocycles. The van der Waals surface area contributed by atoms with E-state index in [1.807, 2.05) is 11.6 Å². The highest BCUT2D eigenvalue weighted by Gasteiger charge is 2.13. The van der Waals surface area contributed by atoms with E-state index in [1.165, 1.54) is 0 Å². The van der Waals surface area contributed by atoms with Gasteiger partial charge in [0.1, 0.15) is 12.2 Å². The third-order valence-corrected chi connectivity index (χ3v) is 2.77. The molecule has 1 fully saturated rings. The number of rotatable bonds is 4. The third-order valence-electron chi connectivity index (χ3n) is 2.77. The van der Waals surface area contributed by atoms with Gasteiger partial charge in [0.15, 0.2) is 0 Å². The molecule has 84 valence electrons. The van der Waals surface area contributed by atoms with Crippen LogP contribution in [0.25, 0.3) is 0 Å². The van der Waals surface area contributed by atoms with Crippen molar-refractivity contribution in [1.29, 1.82) is 0 Å². The van der Waals surface area contributed by atoms with Gasteiger partial charge in [-0.2, -0.15) is 0 Å². The molecular weight excluding hydrogens is 192 g/mol. The number of aryl methyl sites for hydroxylation is 1. The normalized spacial score (nSPS) is 18.2. The monoisotopic (exact) mass is 210 g/mol. The molecule has 0 radical (unpaired) electrons. The van der Waals surface area contributed by atoms with Crippen molar-refractivity contribution in [2.45, 2.75) is 25.4 Å². The van der Waals surface area contributed by atoms with E-state index in [9.17, 15) is 0 Å². The van der Waals surface area contributed by atoms with Crippen LogP contribution in [0.5, 0.6) is 0 Å². The summed E-state index contributed by atoms with van der Waals surface area (Å²) in [5.41, 5.74) is 0. The number of piperidine rings is 1. The van der Waals surface area contributed by atoms with Crippen molar-refractivity contribution in [1.82, 2.24) is 20.1 Å². The van der Waals surface area contributed by atoms with Gasteiger partial charge in [0, 0.05) is 13.5 Å². The maximum atomic E-state index is 5.79. The fourth-order valence-electron chi connectivity index (χ4n) is 1.81. The average molecular weight is 210 g/mol. The van der Waals surface area contributed by atoms with Crippen LogP contribution in [0.4, 0.5) is 0 Å². The minimum absolute atomic E-state index is 0.430. The third kappa shape index (κ3) is 3.00. The lowest BCUT2D eigenvalue weighted by molar-refractivity contribution is 0.0340. The van der Waals surface area contributed by atoms with E-state index >= 15 is 0 Å². The summed E-state index contributed by atoms with van der Waals surface area (Å²) in [6.45, 7) is 2.90. The van der Waals surface area contributed by atoms with Crippen molar-refractivity contribution in [3.8, 4) is 0 Å². The van der Waals surface area contributed by atoms with Gasteiger partial charge in [-0.05, 0) is 25.9 Å². The number of ether oxygens (including phenoxy) is 1. The van der Waals surface area contributed by atoms with Crippen LogP contribution in [0.3, 0.4) is 0 Å². The maximum Gasteiger partial charge on any atom is 0.134 e.